The smallest absolute Gasteiger partial charge is 0.0811 e. The minimum absolute atomic E-state index is 0.0819. The summed E-state index contributed by atoms with van der Waals surface area (Å²) in [7, 11) is 0. The third kappa shape index (κ3) is 2.62. The zero-order chi connectivity index (χ0) is 12.3. The van der Waals surface area contributed by atoms with E-state index in [9.17, 15) is 0 Å². The Labute approximate surface area is 102 Å². The van der Waals surface area contributed by atoms with Gasteiger partial charge in [0, 0.05) is 24.7 Å². The van der Waals surface area contributed by atoms with Gasteiger partial charge in [-0.15, -0.1) is 0 Å². The Kier molecular flexibility index (Phi) is 3.71. The summed E-state index contributed by atoms with van der Waals surface area (Å²) in [5.74, 6) is 0. The molecule has 0 aliphatic heterocycles. The number of hydrogen-bond donors (Lipinski definition) is 1. The van der Waals surface area contributed by atoms with Crippen LogP contribution in [-0.4, -0.2) is 11.6 Å². The summed E-state index contributed by atoms with van der Waals surface area (Å²) in [6.45, 7) is 5.31. The number of aromatic nitrogens is 1. The fraction of sp³-hybridized carbons (Fsp3) is 0.357. The van der Waals surface area contributed by atoms with E-state index in [4.69, 9.17) is 10.5 Å². The third-order valence-electron chi connectivity index (χ3n) is 2.89. The van der Waals surface area contributed by atoms with Crippen molar-refractivity contribution in [3.63, 3.8) is 0 Å². The molecule has 0 aliphatic rings. The third-order valence-corrected chi connectivity index (χ3v) is 2.89. The molecular weight excluding hydrogens is 212 g/mol. The van der Waals surface area contributed by atoms with Gasteiger partial charge in [0.25, 0.3) is 0 Å². The molecule has 17 heavy (non-hydrogen) atoms. The first-order valence-corrected chi connectivity index (χ1v) is 5.95. The predicted molar refractivity (Wildman–Crippen MR) is 69.7 cm³/mol. The van der Waals surface area contributed by atoms with Crippen LogP contribution < -0.4 is 5.73 Å². The normalized spacial score (nSPS) is 12.9. The molecule has 1 aromatic carbocycles. The molecule has 0 aliphatic carbocycles. The highest BCUT2D eigenvalue weighted by molar-refractivity contribution is 5.79. The number of pyridine rings is 1. The van der Waals surface area contributed by atoms with Crippen molar-refractivity contribution in [3.8, 4) is 0 Å². The van der Waals surface area contributed by atoms with Crippen LogP contribution in [0.3, 0.4) is 0 Å². The van der Waals surface area contributed by atoms with E-state index in [1.165, 1.54) is 0 Å². The molecule has 0 saturated carbocycles. The first kappa shape index (κ1) is 12.0. The number of ether oxygens (including phenoxy) is 1. The van der Waals surface area contributed by atoms with Gasteiger partial charge in [0.15, 0.2) is 0 Å². The van der Waals surface area contributed by atoms with Crippen LogP contribution in [0.1, 0.15) is 31.1 Å². The molecule has 2 rings (SSSR count). The average Bonchev–Trinajstić information content (AvgIpc) is 2.37. The van der Waals surface area contributed by atoms with E-state index in [0.29, 0.717) is 13.2 Å². The number of rotatable bonds is 4. The van der Waals surface area contributed by atoms with Crippen molar-refractivity contribution in [2.24, 2.45) is 5.73 Å². The molecule has 3 nitrogen and oxygen atoms in total. The Balaban J connectivity index is 2.40. The molecule has 1 unspecified atom stereocenters. The van der Waals surface area contributed by atoms with E-state index in [1.54, 1.807) is 0 Å². The first-order chi connectivity index (χ1) is 8.24. The molecular formula is C14H18N2O. The van der Waals surface area contributed by atoms with E-state index >= 15 is 0 Å². The van der Waals surface area contributed by atoms with E-state index in [-0.39, 0.29) is 6.10 Å². The second kappa shape index (κ2) is 5.25. The molecule has 3 heteroatoms. The highest BCUT2D eigenvalue weighted by Crippen LogP contribution is 2.21. The quantitative estimate of drug-likeness (QED) is 0.878. The van der Waals surface area contributed by atoms with Gasteiger partial charge in [-0.25, -0.2) is 0 Å². The van der Waals surface area contributed by atoms with Crippen LogP contribution in [0, 0.1) is 0 Å². The van der Waals surface area contributed by atoms with E-state index in [0.717, 1.165) is 22.0 Å². The maximum Gasteiger partial charge on any atom is 0.0811 e. The molecule has 0 spiro atoms. The van der Waals surface area contributed by atoms with Crippen molar-refractivity contribution < 1.29 is 4.74 Å². The monoisotopic (exact) mass is 230 g/mol. The number of benzene rings is 1. The van der Waals surface area contributed by atoms with Gasteiger partial charge < -0.3 is 10.5 Å². The zero-order valence-electron chi connectivity index (χ0n) is 10.3. The van der Waals surface area contributed by atoms with Gasteiger partial charge >= 0.3 is 0 Å². The maximum atomic E-state index is 5.64. The largest absolute Gasteiger partial charge is 0.374 e. The van der Waals surface area contributed by atoms with Crippen molar-refractivity contribution in [2.75, 3.05) is 6.61 Å². The fourth-order valence-electron chi connectivity index (χ4n) is 1.89. The SMILES string of the molecule is CCOC(C)c1cnc2ccc(CN)cc2c1. The number of fused-ring (bicyclic) bond motifs is 1. The molecule has 1 heterocycles. The Hall–Kier alpha value is -1.45. The van der Waals surface area contributed by atoms with Gasteiger partial charge in [0.2, 0.25) is 0 Å². The van der Waals surface area contributed by atoms with E-state index in [1.807, 2.05) is 32.2 Å². The summed E-state index contributed by atoms with van der Waals surface area (Å²) in [5, 5.41) is 1.12. The standard InChI is InChI=1S/C14H18N2O/c1-3-17-10(2)13-7-12-6-11(8-15)4-5-14(12)16-9-13/h4-7,9-10H,3,8,15H2,1-2H3. The van der Waals surface area contributed by atoms with Crippen LogP contribution >= 0.6 is 0 Å². The molecule has 90 valence electrons. The lowest BCUT2D eigenvalue weighted by atomic mass is 10.1. The minimum atomic E-state index is 0.0819. The molecule has 2 N–H and O–H groups in total. The topological polar surface area (TPSA) is 48.1 Å². The van der Waals surface area contributed by atoms with Gasteiger partial charge in [0.1, 0.15) is 0 Å². The molecule has 2 aromatic rings. The number of nitrogens with two attached hydrogens (primary N) is 1. The van der Waals surface area contributed by atoms with Crippen LogP contribution in [0.25, 0.3) is 10.9 Å². The lowest BCUT2D eigenvalue weighted by Gasteiger charge is -2.12. The Morgan fingerprint density at radius 2 is 2.18 bits per heavy atom. The van der Waals surface area contributed by atoms with Crippen molar-refractivity contribution in [3.05, 3.63) is 41.6 Å². The number of nitrogens with zero attached hydrogens (tertiary/aromatic N) is 1. The van der Waals surface area contributed by atoms with E-state index in [2.05, 4.69) is 17.1 Å². The molecule has 0 radical (unpaired) electrons. The Bertz CT molecular complexity index is 511. The van der Waals surface area contributed by atoms with Crippen molar-refractivity contribution in [1.29, 1.82) is 0 Å². The minimum Gasteiger partial charge on any atom is -0.374 e. The van der Waals surface area contributed by atoms with Gasteiger partial charge in [-0.3, -0.25) is 4.98 Å². The highest BCUT2D eigenvalue weighted by atomic mass is 16.5. The highest BCUT2D eigenvalue weighted by Gasteiger charge is 2.06. The lowest BCUT2D eigenvalue weighted by molar-refractivity contribution is 0.0763. The predicted octanol–water partition coefficient (Wildman–Crippen LogP) is 2.79. The second-order valence-corrected chi connectivity index (χ2v) is 4.10. The Morgan fingerprint density at radius 1 is 1.35 bits per heavy atom. The van der Waals surface area contributed by atoms with E-state index < -0.39 is 0 Å². The summed E-state index contributed by atoms with van der Waals surface area (Å²) >= 11 is 0. The summed E-state index contributed by atoms with van der Waals surface area (Å²) in [5.41, 5.74) is 8.87. The Morgan fingerprint density at radius 3 is 2.88 bits per heavy atom. The van der Waals surface area contributed by atoms with Crippen LogP contribution in [-0.2, 0) is 11.3 Å². The molecule has 1 aromatic heterocycles. The van der Waals surface area contributed by atoms with Crippen LogP contribution in [0.15, 0.2) is 30.5 Å². The average molecular weight is 230 g/mol. The summed E-state index contributed by atoms with van der Waals surface area (Å²) in [6, 6.07) is 8.24. The van der Waals surface area contributed by atoms with Gasteiger partial charge in [-0.2, -0.15) is 0 Å². The van der Waals surface area contributed by atoms with Gasteiger partial charge in [0.05, 0.1) is 11.6 Å². The molecule has 0 amide bonds. The fourth-order valence-corrected chi connectivity index (χ4v) is 1.89. The molecule has 0 saturated heterocycles. The van der Waals surface area contributed by atoms with Gasteiger partial charge in [-0.05, 0) is 43.2 Å². The van der Waals surface area contributed by atoms with Gasteiger partial charge in [-0.1, -0.05) is 6.07 Å². The van der Waals surface area contributed by atoms with Crippen LogP contribution in [0.5, 0.6) is 0 Å². The number of hydrogen-bond acceptors (Lipinski definition) is 3. The maximum absolute atomic E-state index is 5.64. The first-order valence-electron chi connectivity index (χ1n) is 5.95. The molecule has 0 fully saturated rings. The van der Waals surface area contributed by atoms with Crippen molar-refractivity contribution >= 4 is 10.9 Å². The zero-order valence-corrected chi connectivity index (χ0v) is 10.3. The van der Waals surface area contributed by atoms with Crippen LogP contribution in [0.4, 0.5) is 0 Å². The molecule has 0 bridgehead atoms. The summed E-state index contributed by atoms with van der Waals surface area (Å²) < 4.78 is 5.57. The van der Waals surface area contributed by atoms with Crippen molar-refractivity contribution in [2.45, 2.75) is 26.5 Å². The van der Waals surface area contributed by atoms with Crippen LogP contribution in [0.2, 0.25) is 0 Å². The molecule has 1 atom stereocenters. The lowest BCUT2D eigenvalue weighted by Crippen LogP contribution is -2.00. The van der Waals surface area contributed by atoms with Crippen molar-refractivity contribution in [1.82, 2.24) is 4.98 Å². The summed E-state index contributed by atoms with van der Waals surface area (Å²) in [6.07, 6.45) is 1.96. The summed E-state index contributed by atoms with van der Waals surface area (Å²) in [4.78, 5) is 4.44. The second-order valence-electron chi connectivity index (χ2n) is 4.10.